The van der Waals surface area contributed by atoms with Crippen LogP contribution in [0.5, 0.6) is 0 Å². The van der Waals surface area contributed by atoms with E-state index in [1.54, 1.807) is 22.4 Å². The summed E-state index contributed by atoms with van der Waals surface area (Å²) in [5.41, 5.74) is 2.44. The maximum Gasteiger partial charge on any atom is 0.278 e. The molecule has 0 aliphatic heterocycles. The van der Waals surface area contributed by atoms with E-state index >= 15 is 0 Å². The fraction of sp³-hybridized carbons (Fsp3) is 0.294. The predicted molar refractivity (Wildman–Crippen MR) is 91.3 cm³/mol. The normalized spacial score (nSPS) is 11.8. The van der Waals surface area contributed by atoms with E-state index in [9.17, 15) is 4.79 Å². The van der Waals surface area contributed by atoms with Crippen LogP contribution in [0.4, 0.5) is 0 Å². The van der Waals surface area contributed by atoms with E-state index in [2.05, 4.69) is 15.1 Å². The number of fused-ring (bicyclic) bond motifs is 3. The number of benzene rings is 1. The first-order valence-corrected chi connectivity index (χ1v) is 7.94. The van der Waals surface area contributed by atoms with Crippen LogP contribution in [0, 0.1) is 0 Å². The van der Waals surface area contributed by atoms with Crippen LogP contribution in [0.15, 0.2) is 39.9 Å². The molecule has 0 saturated carbocycles. The Kier molecular flexibility index (Phi) is 3.61. The first kappa shape index (κ1) is 15.5. The number of ether oxygens (including phenoxy) is 1. The monoisotopic (exact) mass is 339 g/mol. The van der Waals surface area contributed by atoms with Crippen LogP contribution in [-0.4, -0.2) is 31.2 Å². The van der Waals surface area contributed by atoms with Crippen molar-refractivity contribution in [1.29, 1.82) is 0 Å². The fourth-order valence-corrected chi connectivity index (χ4v) is 3.04. The highest BCUT2D eigenvalue weighted by molar-refractivity contribution is 5.83. The number of hydrogen-bond donors (Lipinski definition) is 0. The molecular formula is C17H17N5O3. The predicted octanol–water partition coefficient (Wildman–Crippen LogP) is 2.43. The molecule has 0 aliphatic rings. The molecule has 25 heavy (non-hydrogen) atoms. The summed E-state index contributed by atoms with van der Waals surface area (Å²) in [5, 5.41) is 3.93. The molecule has 8 heteroatoms. The number of nitrogens with zero attached hydrogens (tertiary/aromatic N) is 5. The second-order valence-corrected chi connectivity index (χ2v) is 6.01. The summed E-state index contributed by atoms with van der Waals surface area (Å²) in [4.78, 5) is 21.8. The molecule has 4 aromatic rings. The van der Waals surface area contributed by atoms with Crippen LogP contribution in [0.3, 0.4) is 0 Å². The Bertz CT molecular complexity index is 1120. The zero-order chi connectivity index (χ0) is 17.6. The molecule has 0 unspecified atom stereocenters. The van der Waals surface area contributed by atoms with Gasteiger partial charge in [-0.1, -0.05) is 17.3 Å². The van der Waals surface area contributed by atoms with E-state index < -0.39 is 0 Å². The van der Waals surface area contributed by atoms with Gasteiger partial charge in [-0.2, -0.15) is 4.98 Å². The van der Waals surface area contributed by atoms with E-state index in [4.69, 9.17) is 9.26 Å². The molecule has 0 radical (unpaired) electrons. The summed E-state index contributed by atoms with van der Waals surface area (Å²) in [6.45, 7) is 4.16. The van der Waals surface area contributed by atoms with Crippen molar-refractivity contribution >= 4 is 16.6 Å². The summed E-state index contributed by atoms with van der Waals surface area (Å²) in [6.07, 6.45) is 1.62. The van der Waals surface area contributed by atoms with E-state index in [0.717, 1.165) is 11.0 Å². The molecule has 0 bridgehead atoms. The summed E-state index contributed by atoms with van der Waals surface area (Å²) in [5.74, 6) is 0.612. The van der Waals surface area contributed by atoms with Crippen molar-refractivity contribution in [2.45, 2.75) is 26.5 Å². The molecular weight excluding hydrogens is 322 g/mol. The number of imidazole rings is 1. The average molecular weight is 339 g/mol. The highest BCUT2D eigenvalue weighted by Crippen LogP contribution is 2.23. The maximum absolute atomic E-state index is 13.2. The van der Waals surface area contributed by atoms with Gasteiger partial charge in [0.05, 0.1) is 11.0 Å². The molecule has 128 valence electrons. The van der Waals surface area contributed by atoms with E-state index in [0.29, 0.717) is 17.1 Å². The summed E-state index contributed by atoms with van der Waals surface area (Å²) in [7, 11) is 1.54. The lowest BCUT2D eigenvalue weighted by Gasteiger charge is -2.15. The lowest BCUT2D eigenvalue weighted by molar-refractivity contribution is 0.151. The number of hydrogen-bond acceptors (Lipinski definition) is 6. The summed E-state index contributed by atoms with van der Waals surface area (Å²) < 4.78 is 13.7. The first-order valence-electron chi connectivity index (χ1n) is 7.94. The summed E-state index contributed by atoms with van der Waals surface area (Å²) >= 11 is 0. The molecule has 0 fully saturated rings. The van der Waals surface area contributed by atoms with E-state index in [1.165, 1.54) is 0 Å². The third kappa shape index (κ3) is 2.33. The van der Waals surface area contributed by atoms with Crippen LogP contribution in [0.1, 0.15) is 25.8 Å². The standard InChI is InChI=1S/C17H17N5O3/c1-10(2)22-12-7-5-4-6-11(12)21-9-18-14(15(21)17(22)23)16-19-13(8-24-3)25-20-16/h4-7,9-10H,8H2,1-3H3. The van der Waals surface area contributed by atoms with Crippen LogP contribution < -0.4 is 5.56 Å². The number of rotatable bonds is 4. The molecule has 1 aromatic carbocycles. The van der Waals surface area contributed by atoms with Crippen molar-refractivity contribution in [3.63, 3.8) is 0 Å². The van der Waals surface area contributed by atoms with E-state index in [1.807, 2.05) is 38.1 Å². The van der Waals surface area contributed by atoms with E-state index in [-0.39, 0.29) is 24.0 Å². The Morgan fingerprint density at radius 2 is 2.00 bits per heavy atom. The minimum Gasteiger partial charge on any atom is -0.375 e. The quantitative estimate of drug-likeness (QED) is 0.567. The molecule has 0 saturated heterocycles. The first-order chi connectivity index (χ1) is 12.1. The van der Waals surface area contributed by atoms with Gasteiger partial charge in [-0.05, 0) is 26.0 Å². The van der Waals surface area contributed by atoms with Gasteiger partial charge in [0, 0.05) is 13.2 Å². The van der Waals surface area contributed by atoms with Crippen molar-refractivity contribution in [2.24, 2.45) is 0 Å². The van der Waals surface area contributed by atoms with Gasteiger partial charge in [-0.25, -0.2) is 4.98 Å². The van der Waals surface area contributed by atoms with Gasteiger partial charge in [0.25, 0.3) is 11.4 Å². The van der Waals surface area contributed by atoms with Gasteiger partial charge in [-0.15, -0.1) is 0 Å². The minimum atomic E-state index is -0.140. The molecule has 3 heterocycles. The molecule has 0 amide bonds. The van der Waals surface area contributed by atoms with Crippen molar-refractivity contribution < 1.29 is 9.26 Å². The average Bonchev–Trinajstić information content (AvgIpc) is 3.22. The Labute approximate surface area is 142 Å². The Balaban J connectivity index is 2.07. The molecule has 3 aromatic heterocycles. The van der Waals surface area contributed by atoms with Gasteiger partial charge in [0.1, 0.15) is 24.1 Å². The maximum atomic E-state index is 13.2. The lowest BCUT2D eigenvalue weighted by Crippen LogP contribution is -2.24. The molecule has 8 nitrogen and oxygen atoms in total. The van der Waals surface area contributed by atoms with Crippen molar-refractivity contribution in [3.05, 3.63) is 46.8 Å². The second kappa shape index (κ2) is 5.82. The van der Waals surface area contributed by atoms with Gasteiger partial charge in [0.15, 0.2) is 0 Å². The largest absolute Gasteiger partial charge is 0.375 e. The second-order valence-electron chi connectivity index (χ2n) is 6.01. The zero-order valence-electron chi connectivity index (χ0n) is 14.1. The Morgan fingerprint density at radius 1 is 1.24 bits per heavy atom. The van der Waals surface area contributed by atoms with Crippen molar-refractivity contribution in [1.82, 2.24) is 24.1 Å². The van der Waals surface area contributed by atoms with Gasteiger partial charge >= 0.3 is 0 Å². The van der Waals surface area contributed by atoms with Gasteiger partial charge in [-0.3, -0.25) is 9.20 Å². The number of methoxy groups -OCH3 is 1. The lowest BCUT2D eigenvalue weighted by atomic mass is 10.2. The molecule has 0 spiro atoms. The Hall–Kier alpha value is -3.00. The summed E-state index contributed by atoms with van der Waals surface area (Å²) in [6, 6.07) is 7.74. The fourth-order valence-electron chi connectivity index (χ4n) is 3.04. The minimum absolute atomic E-state index is 0.000490. The van der Waals surface area contributed by atoms with Crippen LogP contribution in [0.2, 0.25) is 0 Å². The highest BCUT2D eigenvalue weighted by Gasteiger charge is 2.21. The van der Waals surface area contributed by atoms with Crippen LogP contribution in [0.25, 0.3) is 28.1 Å². The number of aromatic nitrogens is 5. The third-order valence-corrected chi connectivity index (χ3v) is 4.05. The van der Waals surface area contributed by atoms with Gasteiger partial charge in [0.2, 0.25) is 5.82 Å². The number of para-hydroxylation sites is 2. The molecule has 0 N–H and O–H groups in total. The SMILES string of the molecule is COCc1nc(-c2ncn3c2c(=O)n(C(C)C)c2ccccc23)no1. The molecule has 0 aliphatic carbocycles. The smallest absolute Gasteiger partial charge is 0.278 e. The topological polar surface area (TPSA) is 87.5 Å². The Morgan fingerprint density at radius 3 is 2.72 bits per heavy atom. The zero-order valence-corrected chi connectivity index (χ0v) is 14.1. The van der Waals surface area contributed by atoms with Crippen LogP contribution >= 0.6 is 0 Å². The van der Waals surface area contributed by atoms with Crippen LogP contribution in [-0.2, 0) is 11.3 Å². The van der Waals surface area contributed by atoms with Crippen molar-refractivity contribution in [2.75, 3.05) is 7.11 Å². The van der Waals surface area contributed by atoms with Gasteiger partial charge < -0.3 is 13.8 Å². The molecule has 0 atom stereocenters. The third-order valence-electron chi connectivity index (χ3n) is 4.05. The van der Waals surface area contributed by atoms with Crippen molar-refractivity contribution in [3.8, 4) is 11.5 Å². The molecule has 4 rings (SSSR count). The highest BCUT2D eigenvalue weighted by atomic mass is 16.5.